The van der Waals surface area contributed by atoms with Crippen molar-refractivity contribution in [3.8, 4) is 0 Å². The van der Waals surface area contributed by atoms with Crippen molar-refractivity contribution < 1.29 is 4.79 Å². The molecule has 0 saturated heterocycles. The largest absolute Gasteiger partial charge is 0.325 e. The molecular weight excluding hydrogens is 414 g/mol. The molecule has 34 heavy (non-hydrogen) atoms. The van der Waals surface area contributed by atoms with E-state index in [0.717, 1.165) is 24.9 Å². The molecule has 5 rings (SSSR count). The van der Waals surface area contributed by atoms with E-state index in [4.69, 9.17) is 0 Å². The molecule has 1 fully saturated rings. The van der Waals surface area contributed by atoms with E-state index in [1.54, 1.807) is 0 Å². The number of aryl methyl sites for hydroxylation is 1. The van der Waals surface area contributed by atoms with Gasteiger partial charge in [-0.15, -0.1) is 0 Å². The average Bonchev–Trinajstić information content (AvgIpc) is 3.33. The third-order valence-electron chi connectivity index (χ3n) is 8.31. The van der Waals surface area contributed by atoms with Crippen molar-refractivity contribution in [1.82, 2.24) is 0 Å². The summed E-state index contributed by atoms with van der Waals surface area (Å²) < 4.78 is 0. The first-order chi connectivity index (χ1) is 16.6. The number of rotatable bonds is 2. The molecule has 0 heterocycles. The minimum atomic E-state index is 0.122. The molecule has 1 saturated carbocycles. The fourth-order valence-corrected chi connectivity index (χ4v) is 6.19. The van der Waals surface area contributed by atoms with Crippen LogP contribution in [0.4, 0.5) is 5.69 Å². The second-order valence-corrected chi connectivity index (χ2v) is 10.6. The molecule has 2 nitrogen and oxygen atoms in total. The fourth-order valence-electron chi connectivity index (χ4n) is 6.19. The number of nitrogens with one attached hydrogen (secondary N) is 1. The predicted molar refractivity (Wildman–Crippen MR) is 147 cm³/mol. The van der Waals surface area contributed by atoms with E-state index < -0.39 is 0 Å². The van der Waals surface area contributed by atoms with Crippen LogP contribution < -0.4 is 5.32 Å². The minimum absolute atomic E-state index is 0.122. The van der Waals surface area contributed by atoms with E-state index in [1.165, 1.54) is 102 Å². The second-order valence-electron chi connectivity index (χ2n) is 10.6. The van der Waals surface area contributed by atoms with Crippen LogP contribution in [0.15, 0.2) is 36.4 Å². The van der Waals surface area contributed by atoms with Crippen molar-refractivity contribution in [2.75, 3.05) is 5.32 Å². The van der Waals surface area contributed by atoms with Gasteiger partial charge in [0.2, 0.25) is 5.91 Å². The molecular formula is C32H39NO. The van der Waals surface area contributed by atoms with Crippen LogP contribution in [0.3, 0.4) is 0 Å². The third kappa shape index (κ3) is 4.52. The summed E-state index contributed by atoms with van der Waals surface area (Å²) >= 11 is 0. The maximum Gasteiger partial charge on any atom is 0.227 e. The van der Waals surface area contributed by atoms with Crippen LogP contribution in [0.2, 0.25) is 0 Å². The summed E-state index contributed by atoms with van der Waals surface area (Å²) in [5.41, 5.74) is 6.24. The van der Waals surface area contributed by atoms with E-state index >= 15 is 0 Å². The lowest BCUT2D eigenvalue weighted by molar-refractivity contribution is -0.120. The second kappa shape index (κ2) is 10.3. The Kier molecular flexibility index (Phi) is 7.04. The number of benzene rings is 3. The quantitative estimate of drug-likeness (QED) is 0.385. The maximum atomic E-state index is 13.7. The van der Waals surface area contributed by atoms with Gasteiger partial charge in [-0.25, -0.2) is 0 Å². The summed E-state index contributed by atoms with van der Waals surface area (Å²) in [6, 6.07) is 11.1. The van der Waals surface area contributed by atoms with Crippen molar-refractivity contribution in [2.24, 2.45) is 5.92 Å². The number of carbonyl (C=O) groups is 1. The molecule has 0 atom stereocenters. The van der Waals surface area contributed by atoms with Gasteiger partial charge in [-0.05, 0) is 71.5 Å². The van der Waals surface area contributed by atoms with Crippen LogP contribution in [0.1, 0.15) is 92.9 Å². The number of anilines is 1. The SMILES string of the molecule is Cc1cc2c3c(c4ccccc4c2c(NC(=O)C2CCCCCCCCCCC2)c1C)C=CC3. The van der Waals surface area contributed by atoms with Gasteiger partial charge in [0.1, 0.15) is 0 Å². The average molecular weight is 454 g/mol. The number of hydrogen-bond acceptors (Lipinski definition) is 1. The fraction of sp³-hybridized carbons (Fsp3) is 0.469. The van der Waals surface area contributed by atoms with Gasteiger partial charge in [0, 0.05) is 11.3 Å². The minimum Gasteiger partial charge on any atom is -0.325 e. The summed E-state index contributed by atoms with van der Waals surface area (Å²) in [5, 5.41) is 8.57. The lowest BCUT2D eigenvalue weighted by Crippen LogP contribution is -2.24. The van der Waals surface area contributed by atoms with Crippen LogP contribution in [0.25, 0.3) is 27.6 Å². The predicted octanol–water partition coefficient (Wildman–Crippen LogP) is 9.04. The van der Waals surface area contributed by atoms with Gasteiger partial charge in [-0.2, -0.15) is 0 Å². The number of allylic oxidation sites excluding steroid dienone is 1. The summed E-state index contributed by atoms with van der Waals surface area (Å²) in [4.78, 5) is 13.7. The van der Waals surface area contributed by atoms with Gasteiger partial charge in [0.25, 0.3) is 0 Å². The molecule has 3 aromatic carbocycles. The molecule has 0 aromatic heterocycles. The Bertz CT molecular complexity index is 1220. The Hall–Kier alpha value is -2.61. The molecule has 1 N–H and O–H groups in total. The number of fused-ring (bicyclic) bond motifs is 6. The Morgan fingerprint density at radius 2 is 1.44 bits per heavy atom. The van der Waals surface area contributed by atoms with Crippen molar-refractivity contribution in [3.05, 3.63) is 58.7 Å². The van der Waals surface area contributed by atoms with Crippen LogP contribution in [-0.2, 0) is 11.2 Å². The monoisotopic (exact) mass is 453 g/mol. The zero-order valence-electron chi connectivity index (χ0n) is 21.0. The molecule has 2 aliphatic carbocycles. The third-order valence-corrected chi connectivity index (χ3v) is 8.31. The van der Waals surface area contributed by atoms with Gasteiger partial charge in [-0.1, -0.05) is 100 Å². The van der Waals surface area contributed by atoms with E-state index in [0.29, 0.717) is 0 Å². The van der Waals surface area contributed by atoms with E-state index in [2.05, 4.69) is 61.6 Å². The number of carbonyl (C=O) groups excluding carboxylic acids is 1. The zero-order valence-corrected chi connectivity index (χ0v) is 21.0. The summed E-state index contributed by atoms with van der Waals surface area (Å²) in [5.74, 6) is 0.353. The Labute approximate surface area is 204 Å². The van der Waals surface area contributed by atoms with Crippen molar-refractivity contribution in [3.63, 3.8) is 0 Å². The molecule has 0 radical (unpaired) electrons. The van der Waals surface area contributed by atoms with E-state index in [9.17, 15) is 4.79 Å². The molecule has 2 aliphatic rings. The van der Waals surface area contributed by atoms with Gasteiger partial charge < -0.3 is 5.32 Å². The molecule has 0 spiro atoms. The Morgan fingerprint density at radius 1 is 0.824 bits per heavy atom. The Morgan fingerprint density at radius 3 is 2.12 bits per heavy atom. The van der Waals surface area contributed by atoms with E-state index in [1.807, 2.05) is 0 Å². The smallest absolute Gasteiger partial charge is 0.227 e. The van der Waals surface area contributed by atoms with Crippen LogP contribution in [0.5, 0.6) is 0 Å². The standard InChI is InChI=1S/C32H39NO/c1-22-21-29-27-20-14-19-25(27)26-17-12-13-18-28(26)30(29)31(23(22)2)33-32(34)24-15-10-8-6-4-3-5-7-9-11-16-24/h12-14,17-19,21,24H,3-11,15-16,20H2,1-2H3,(H,33,34). The highest BCUT2D eigenvalue weighted by atomic mass is 16.1. The van der Waals surface area contributed by atoms with Crippen LogP contribution in [0, 0.1) is 19.8 Å². The zero-order chi connectivity index (χ0) is 23.5. The van der Waals surface area contributed by atoms with Crippen molar-refractivity contribution in [2.45, 2.75) is 90.9 Å². The number of amides is 1. The van der Waals surface area contributed by atoms with Gasteiger partial charge in [0.05, 0.1) is 5.69 Å². The van der Waals surface area contributed by atoms with Crippen LogP contribution >= 0.6 is 0 Å². The lowest BCUT2D eigenvalue weighted by atomic mass is 9.88. The molecule has 2 heteroatoms. The molecule has 1 amide bonds. The highest BCUT2D eigenvalue weighted by Crippen LogP contribution is 2.42. The maximum absolute atomic E-state index is 13.7. The first-order valence-electron chi connectivity index (χ1n) is 13.6. The lowest BCUT2D eigenvalue weighted by Gasteiger charge is -2.22. The topological polar surface area (TPSA) is 29.1 Å². The van der Waals surface area contributed by atoms with Gasteiger partial charge in [-0.3, -0.25) is 4.79 Å². The number of hydrogen-bond donors (Lipinski definition) is 1. The van der Waals surface area contributed by atoms with Gasteiger partial charge >= 0.3 is 0 Å². The molecule has 0 bridgehead atoms. The van der Waals surface area contributed by atoms with Gasteiger partial charge in [0.15, 0.2) is 0 Å². The first kappa shape index (κ1) is 23.1. The molecule has 178 valence electrons. The molecule has 0 unspecified atom stereocenters. The normalized spacial score (nSPS) is 17.9. The van der Waals surface area contributed by atoms with Crippen molar-refractivity contribution >= 4 is 39.2 Å². The highest BCUT2D eigenvalue weighted by molar-refractivity contribution is 6.20. The van der Waals surface area contributed by atoms with E-state index in [-0.39, 0.29) is 11.8 Å². The van der Waals surface area contributed by atoms with Crippen LogP contribution in [-0.4, -0.2) is 5.91 Å². The molecule has 0 aliphatic heterocycles. The highest BCUT2D eigenvalue weighted by Gasteiger charge is 2.23. The summed E-state index contributed by atoms with van der Waals surface area (Å²) in [7, 11) is 0. The molecule has 3 aromatic rings. The van der Waals surface area contributed by atoms with Crippen molar-refractivity contribution in [1.29, 1.82) is 0 Å². The first-order valence-corrected chi connectivity index (χ1v) is 13.6. The summed E-state index contributed by atoms with van der Waals surface area (Å²) in [6.45, 7) is 4.36. The Balaban J connectivity index is 1.53. The summed E-state index contributed by atoms with van der Waals surface area (Å²) in [6.07, 6.45) is 19.2.